The molecule has 2 bridgehead atoms. The quantitative estimate of drug-likeness (QED) is 0.790. The molecule has 0 radical (unpaired) electrons. The molecule has 2 unspecified atom stereocenters. The van der Waals surface area contributed by atoms with Crippen LogP contribution in [0, 0.1) is 0 Å². The topological polar surface area (TPSA) is 100 Å². The summed E-state index contributed by atoms with van der Waals surface area (Å²) in [6, 6.07) is 9.58. The fourth-order valence-electron chi connectivity index (χ4n) is 3.12. The Balaban J connectivity index is 0.000000758. The van der Waals surface area contributed by atoms with Crippen molar-refractivity contribution in [3.05, 3.63) is 35.9 Å². The number of rotatable bonds is 6. The summed E-state index contributed by atoms with van der Waals surface area (Å²) in [7, 11) is 0. The van der Waals surface area contributed by atoms with Gasteiger partial charge < -0.3 is 24.3 Å². The van der Waals surface area contributed by atoms with Crippen molar-refractivity contribution >= 4 is 12.1 Å². The third kappa shape index (κ3) is 5.20. The van der Waals surface area contributed by atoms with Crippen LogP contribution < -0.4 is 5.32 Å². The van der Waals surface area contributed by atoms with Crippen molar-refractivity contribution in [1.29, 1.82) is 0 Å². The van der Waals surface area contributed by atoms with E-state index in [4.69, 9.17) is 28.5 Å². The van der Waals surface area contributed by atoms with E-state index in [-0.39, 0.29) is 36.4 Å². The van der Waals surface area contributed by atoms with E-state index in [0.717, 1.165) is 5.56 Å². The highest BCUT2D eigenvalue weighted by atomic mass is 16.7. The highest BCUT2D eigenvalue weighted by molar-refractivity contribution is 5.73. The Hall–Kier alpha value is -2.09. The lowest BCUT2D eigenvalue weighted by Gasteiger charge is -2.40. The number of carbonyl (C=O) groups excluding carboxylic acids is 3. The predicted molar refractivity (Wildman–Crippen MR) is 87.7 cm³/mol. The van der Waals surface area contributed by atoms with Crippen molar-refractivity contribution in [2.75, 3.05) is 13.2 Å². The van der Waals surface area contributed by atoms with E-state index in [0.29, 0.717) is 19.8 Å². The van der Waals surface area contributed by atoms with Crippen LogP contribution in [0.25, 0.3) is 0 Å². The van der Waals surface area contributed by atoms with Crippen molar-refractivity contribution in [3.8, 4) is 0 Å². The number of hydrogen-bond donors (Lipinski definition) is 1. The molecule has 1 aromatic carbocycles. The van der Waals surface area contributed by atoms with Gasteiger partial charge in [0, 0.05) is 13.5 Å². The first kappa shape index (κ1) is 20.2. The molecule has 0 aromatic heterocycles. The van der Waals surface area contributed by atoms with E-state index in [9.17, 15) is 4.79 Å². The van der Waals surface area contributed by atoms with E-state index >= 15 is 0 Å². The maximum Gasteiger partial charge on any atom is 0.373 e. The van der Waals surface area contributed by atoms with Gasteiger partial charge in [0.25, 0.3) is 0 Å². The van der Waals surface area contributed by atoms with E-state index < -0.39 is 6.29 Å². The van der Waals surface area contributed by atoms with Crippen LogP contribution in [0.3, 0.4) is 0 Å². The molecule has 3 rings (SSSR count). The minimum absolute atomic E-state index is 0.140. The van der Waals surface area contributed by atoms with Crippen molar-refractivity contribution in [2.24, 2.45) is 0 Å². The van der Waals surface area contributed by atoms with Gasteiger partial charge in [-0.15, -0.1) is 0 Å². The predicted octanol–water partition coefficient (Wildman–Crippen LogP) is 0.653. The van der Waals surface area contributed by atoms with Gasteiger partial charge in [0.1, 0.15) is 24.4 Å². The van der Waals surface area contributed by atoms with E-state index in [1.165, 1.54) is 6.92 Å². The first-order chi connectivity index (χ1) is 12.6. The smallest absolute Gasteiger partial charge is 0.373 e. The highest BCUT2D eigenvalue weighted by Crippen LogP contribution is 2.32. The summed E-state index contributed by atoms with van der Waals surface area (Å²) in [6.45, 7) is 4.85. The zero-order chi connectivity index (χ0) is 18.9. The number of hydrogen-bond acceptors (Lipinski definition) is 7. The van der Waals surface area contributed by atoms with Crippen LogP contribution in [-0.2, 0) is 39.9 Å². The standard InChI is InChI=1S/C17H23NO5.CO2/c1-3-20-16-14(18-11(2)19)17-22-10-13(23-17)15(16)21-9-12-7-5-4-6-8-12;2-1-3/h4-8,13-17H,3,9-10H2,1-2H3,(H,18,19);/t13?,14?,15-,16+,17-;/m1./s1. The monoisotopic (exact) mass is 365 g/mol. The molecule has 1 aromatic rings. The van der Waals surface area contributed by atoms with Crippen LogP contribution in [0.2, 0.25) is 0 Å². The number of fused-ring (bicyclic) bond motifs is 2. The van der Waals surface area contributed by atoms with Gasteiger partial charge in [-0.3, -0.25) is 4.79 Å². The molecule has 0 saturated carbocycles. The molecule has 26 heavy (non-hydrogen) atoms. The lowest BCUT2D eigenvalue weighted by atomic mass is 9.98. The molecule has 1 amide bonds. The Morgan fingerprint density at radius 1 is 1.23 bits per heavy atom. The molecule has 2 fully saturated rings. The first-order valence-electron chi connectivity index (χ1n) is 8.41. The van der Waals surface area contributed by atoms with Gasteiger partial charge in [-0.2, -0.15) is 9.59 Å². The minimum atomic E-state index is -0.475. The summed E-state index contributed by atoms with van der Waals surface area (Å²) in [4.78, 5) is 27.8. The van der Waals surface area contributed by atoms with Crippen LogP contribution in [0.1, 0.15) is 19.4 Å². The molecule has 0 aliphatic carbocycles. The summed E-state index contributed by atoms with van der Waals surface area (Å²) in [5, 5.41) is 2.88. The van der Waals surface area contributed by atoms with Crippen molar-refractivity contribution < 1.29 is 33.3 Å². The Labute approximate surface area is 151 Å². The zero-order valence-corrected chi connectivity index (χ0v) is 14.8. The summed E-state index contributed by atoms with van der Waals surface area (Å²) in [6.07, 6.45) is -0.980. The van der Waals surface area contributed by atoms with Crippen LogP contribution in [-0.4, -0.2) is 55.9 Å². The third-order valence-corrected chi connectivity index (χ3v) is 4.09. The largest absolute Gasteiger partial charge is 0.373 e. The van der Waals surface area contributed by atoms with Gasteiger partial charge in [-0.1, -0.05) is 30.3 Å². The van der Waals surface area contributed by atoms with Gasteiger partial charge >= 0.3 is 6.15 Å². The Morgan fingerprint density at radius 2 is 1.92 bits per heavy atom. The summed E-state index contributed by atoms with van der Waals surface area (Å²) >= 11 is 0. The normalized spacial score (nSPS) is 29.2. The Bertz CT molecular complexity index is 603. The average Bonchev–Trinajstić information content (AvgIpc) is 3.05. The molecule has 2 aliphatic rings. The highest BCUT2D eigenvalue weighted by Gasteiger charge is 2.52. The first-order valence-corrected chi connectivity index (χ1v) is 8.41. The fraction of sp³-hybridized carbons (Fsp3) is 0.556. The zero-order valence-electron chi connectivity index (χ0n) is 14.8. The maximum atomic E-state index is 11.5. The maximum absolute atomic E-state index is 11.5. The van der Waals surface area contributed by atoms with Crippen LogP contribution in [0.4, 0.5) is 0 Å². The third-order valence-electron chi connectivity index (χ3n) is 4.09. The number of amides is 1. The number of nitrogens with one attached hydrogen (secondary N) is 1. The van der Waals surface area contributed by atoms with Gasteiger partial charge in [0.2, 0.25) is 5.91 Å². The Morgan fingerprint density at radius 3 is 2.54 bits per heavy atom. The molecule has 8 nitrogen and oxygen atoms in total. The average molecular weight is 365 g/mol. The fourth-order valence-corrected chi connectivity index (χ4v) is 3.12. The van der Waals surface area contributed by atoms with Gasteiger partial charge in [-0.25, -0.2) is 0 Å². The second kappa shape index (κ2) is 10.2. The van der Waals surface area contributed by atoms with Crippen LogP contribution in [0.15, 0.2) is 30.3 Å². The summed E-state index contributed by atoms with van der Waals surface area (Å²) in [5.41, 5.74) is 1.08. The summed E-state index contributed by atoms with van der Waals surface area (Å²) < 4.78 is 23.5. The van der Waals surface area contributed by atoms with E-state index in [2.05, 4.69) is 5.32 Å². The summed E-state index contributed by atoms with van der Waals surface area (Å²) in [5.74, 6) is -0.140. The van der Waals surface area contributed by atoms with E-state index in [1.807, 2.05) is 37.3 Å². The molecule has 8 heteroatoms. The van der Waals surface area contributed by atoms with Crippen LogP contribution >= 0.6 is 0 Å². The second-order valence-electron chi connectivity index (χ2n) is 5.87. The molecule has 0 spiro atoms. The second-order valence-corrected chi connectivity index (χ2v) is 5.87. The molecular weight excluding hydrogens is 342 g/mol. The molecule has 2 aliphatic heterocycles. The van der Waals surface area contributed by atoms with Gasteiger partial charge in [0.05, 0.1) is 13.2 Å². The Kier molecular flexibility index (Phi) is 7.90. The van der Waals surface area contributed by atoms with E-state index in [1.54, 1.807) is 0 Å². The van der Waals surface area contributed by atoms with Crippen LogP contribution in [0.5, 0.6) is 0 Å². The number of ether oxygens (including phenoxy) is 4. The SMILES string of the molecule is CCO[C@H]1C(NC(C)=O)[C@@H]2OCC(O2)[C@H]1OCc1ccccc1.O=C=O. The number of benzene rings is 1. The minimum Gasteiger partial charge on any atom is -0.373 e. The van der Waals surface area contributed by atoms with Crippen molar-refractivity contribution in [2.45, 2.75) is 51.1 Å². The number of carbonyl (C=O) groups is 1. The molecule has 1 N–H and O–H groups in total. The van der Waals surface area contributed by atoms with Gasteiger partial charge in [0.15, 0.2) is 6.29 Å². The lowest BCUT2D eigenvalue weighted by molar-refractivity contribution is -0.214. The molecule has 2 saturated heterocycles. The van der Waals surface area contributed by atoms with Crippen molar-refractivity contribution in [1.82, 2.24) is 5.32 Å². The molecule has 2 heterocycles. The molecule has 142 valence electrons. The molecular formula is C18H23NO7. The van der Waals surface area contributed by atoms with Crippen molar-refractivity contribution in [3.63, 3.8) is 0 Å². The lowest BCUT2D eigenvalue weighted by Crippen LogP contribution is -2.62. The molecule has 5 atom stereocenters. The van der Waals surface area contributed by atoms with Gasteiger partial charge in [-0.05, 0) is 12.5 Å².